The molecule has 0 saturated carbocycles. The van der Waals surface area contributed by atoms with Crippen molar-refractivity contribution in [3.63, 3.8) is 0 Å². The highest BCUT2D eigenvalue weighted by Gasteiger charge is 2.56. The largest absolute Gasteiger partial charge is 0.400 e. The Labute approximate surface area is 175 Å². The van der Waals surface area contributed by atoms with Crippen LogP contribution in [0.4, 0.5) is 38.1 Å². The number of nitrogens with one attached hydrogen (secondary N) is 1. The SMILES string of the molecule is Cn1nccc1Nc1nccc(-c2ccn3c(CC(C(F)(F)F)C(F)(F)F)nnc3c2)n1. The molecular formula is C18H14F6N8. The van der Waals surface area contributed by atoms with Crippen LogP contribution in [0.15, 0.2) is 42.9 Å². The molecule has 0 spiro atoms. The maximum absolute atomic E-state index is 12.9. The maximum Gasteiger partial charge on any atom is 0.400 e. The van der Waals surface area contributed by atoms with E-state index in [1.165, 1.54) is 24.5 Å². The minimum Gasteiger partial charge on any atom is -0.309 e. The minimum atomic E-state index is -5.46. The Balaban J connectivity index is 1.62. The highest BCUT2D eigenvalue weighted by atomic mass is 19.4. The molecule has 32 heavy (non-hydrogen) atoms. The van der Waals surface area contributed by atoms with Crippen molar-refractivity contribution < 1.29 is 26.3 Å². The lowest BCUT2D eigenvalue weighted by molar-refractivity contribution is -0.283. The van der Waals surface area contributed by atoms with E-state index in [0.29, 0.717) is 17.1 Å². The zero-order chi connectivity index (χ0) is 23.1. The number of alkyl halides is 6. The van der Waals surface area contributed by atoms with Crippen LogP contribution in [0.1, 0.15) is 5.82 Å². The second-order valence-corrected chi connectivity index (χ2v) is 6.83. The Hall–Kier alpha value is -3.71. The van der Waals surface area contributed by atoms with E-state index in [0.717, 1.165) is 4.40 Å². The molecule has 0 bridgehead atoms. The Kier molecular flexibility index (Phi) is 5.22. The molecule has 4 rings (SSSR count). The average Bonchev–Trinajstić information content (AvgIpc) is 3.30. The van der Waals surface area contributed by atoms with E-state index in [1.54, 1.807) is 30.1 Å². The quantitative estimate of drug-likeness (QED) is 0.458. The van der Waals surface area contributed by atoms with Crippen LogP contribution in [0.5, 0.6) is 0 Å². The molecule has 0 fully saturated rings. The lowest BCUT2D eigenvalue weighted by atomic mass is 10.0. The van der Waals surface area contributed by atoms with Crippen LogP contribution in [0.3, 0.4) is 0 Å². The number of anilines is 2. The number of aromatic nitrogens is 7. The van der Waals surface area contributed by atoms with Crippen molar-refractivity contribution >= 4 is 17.4 Å². The van der Waals surface area contributed by atoms with Crippen molar-refractivity contribution in [3.05, 3.63) is 48.7 Å². The zero-order valence-corrected chi connectivity index (χ0v) is 16.2. The number of nitrogens with zero attached hydrogens (tertiary/aromatic N) is 7. The van der Waals surface area contributed by atoms with Crippen molar-refractivity contribution in [2.45, 2.75) is 18.8 Å². The second kappa shape index (κ2) is 7.76. The van der Waals surface area contributed by atoms with Crippen molar-refractivity contribution in [1.29, 1.82) is 0 Å². The molecule has 0 radical (unpaired) electrons. The summed E-state index contributed by atoms with van der Waals surface area (Å²) in [5, 5.41) is 14.3. The van der Waals surface area contributed by atoms with Gasteiger partial charge >= 0.3 is 12.4 Å². The van der Waals surface area contributed by atoms with E-state index in [4.69, 9.17) is 0 Å². The molecule has 168 valence electrons. The summed E-state index contributed by atoms with van der Waals surface area (Å²) in [5.74, 6) is -3.08. The smallest absolute Gasteiger partial charge is 0.309 e. The third-order valence-electron chi connectivity index (χ3n) is 4.67. The summed E-state index contributed by atoms with van der Waals surface area (Å²) in [7, 11) is 1.73. The van der Waals surface area contributed by atoms with E-state index >= 15 is 0 Å². The number of aryl methyl sites for hydroxylation is 1. The maximum atomic E-state index is 12.9. The van der Waals surface area contributed by atoms with E-state index in [2.05, 4.69) is 30.6 Å². The first-order valence-corrected chi connectivity index (χ1v) is 9.08. The third kappa shape index (κ3) is 4.33. The van der Waals surface area contributed by atoms with Crippen LogP contribution in [0.25, 0.3) is 16.9 Å². The van der Waals surface area contributed by atoms with Gasteiger partial charge in [0.2, 0.25) is 5.95 Å². The van der Waals surface area contributed by atoms with Crippen LogP contribution >= 0.6 is 0 Å². The molecule has 4 heterocycles. The van der Waals surface area contributed by atoms with Crippen LogP contribution < -0.4 is 5.32 Å². The summed E-state index contributed by atoms with van der Waals surface area (Å²) in [5.41, 5.74) is 1.07. The molecule has 0 saturated heterocycles. The summed E-state index contributed by atoms with van der Waals surface area (Å²) in [6.07, 6.45) is -7.90. The molecule has 0 unspecified atom stereocenters. The number of fused-ring (bicyclic) bond motifs is 1. The predicted molar refractivity (Wildman–Crippen MR) is 99.8 cm³/mol. The molecule has 0 aliphatic carbocycles. The van der Waals surface area contributed by atoms with Crippen LogP contribution in [-0.2, 0) is 13.5 Å². The Morgan fingerprint density at radius 2 is 1.75 bits per heavy atom. The molecule has 0 aliphatic heterocycles. The van der Waals surface area contributed by atoms with Gasteiger partial charge in [0, 0.05) is 37.5 Å². The highest BCUT2D eigenvalue weighted by Crippen LogP contribution is 2.41. The molecule has 14 heteroatoms. The fourth-order valence-electron chi connectivity index (χ4n) is 3.03. The van der Waals surface area contributed by atoms with E-state index in [9.17, 15) is 26.3 Å². The monoisotopic (exact) mass is 456 g/mol. The van der Waals surface area contributed by atoms with Gasteiger partial charge in [0.15, 0.2) is 11.6 Å². The van der Waals surface area contributed by atoms with Crippen LogP contribution in [0.2, 0.25) is 0 Å². The molecule has 0 amide bonds. The van der Waals surface area contributed by atoms with Crippen molar-refractivity contribution in [2.24, 2.45) is 13.0 Å². The third-order valence-corrected chi connectivity index (χ3v) is 4.67. The molecule has 1 N–H and O–H groups in total. The lowest BCUT2D eigenvalue weighted by Gasteiger charge is -2.22. The first kappa shape index (κ1) is 21.5. The van der Waals surface area contributed by atoms with Gasteiger partial charge in [-0.1, -0.05) is 0 Å². The molecule has 4 aromatic heterocycles. The summed E-state index contributed by atoms with van der Waals surface area (Å²) in [6.45, 7) is 0. The average molecular weight is 456 g/mol. The van der Waals surface area contributed by atoms with E-state index in [-0.39, 0.29) is 11.6 Å². The number of halogens is 6. The highest BCUT2D eigenvalue weighted by molar-refractivity contribution is 5.65. The molecule has 0 aromatic carbocycles. The Morgan fingerprint density at radius 3 is 2.41 bits per heavy atom. The van der Waals surface area contributed by atoms with Gasteiger partial charge in [0.25, 0.3) is 0 Å². The minimum absolute atomic E-state index is 0.0837. The van der Waals surface area contributed by atoms with Crippen LogP contribution in [0, 0.1) is 5.92 Å². The number of pyridine rings is 1. The number of hydrogen-bond donors (Lipinski definition) is 1. The zero-order valence-electron chi connectivity index (χ0n) is 16.2. The van der Waals surface area contributed by atoms with Crippen molar-refractivity contribution in [3.8, 4) is 11.3 Å². The predicted octanol–water partition coefficient (Wildman–Crippen LogP) is 3.95. The van der Waals surface area contributed by atoms with Gasteiger partial charge in [-0.3, -0.25) is 9.08 Å². The van der Waals surface area contributed by atoms with Gasteiger partial charge in [-0.15, -0.1) is 10.2 Å². The van der Waals surface area contributed by atoms with Gasteiger partial charge in [0.1, 0.15) is 11.6 Å². The topological polar surface area (TPSA) is 85.8 Å². The Bertz CT molecular complexity index is 1230. The van der Waals surface area contributed by atoms with Gasteiger partial charge < -0.3 is 5.32 Å². The molecule has 0 aliphatic rings. The van der Waals surface area contributed by atoms with Crippen molar-refractivity contribution in [1.82, 2.24) is 34.3 Å². The van der Waals surface area contributed by atoms with Gasteiger partial charge in [-0.05, 0) is 18.2 Å². The Morgan fingerprint density at radius 1 is 1.00 bits per heavy atom. The summed E-state index contributed by atoms with van der Waals surface area (Å²) < 4.78 is 80.0. The first-order chi connectivity index (χ1) is 15.0. The molecule has 4 aromatic rings. The van der Waals surface area contributed by atoms with Crippen LogP contribution in [-0.4, -0.2) is 46.7 Å². The fraction of sp³-hybridized carbons (Fsp3) is 0.278. The summed E-state index contributed by atoms with van der Waals surface area (Å²) >= 11 is 0. The summed E-state index contributed by atoms with van der Waals surface area (Å²) in [4.78, 5) is 8.48. The molecule has 0 atom stereocenters. The molecule has 8 nitrogen and oxygen atoms in total. The normalized spacial score (nSPS) is 12.6. The standard InChI is InChI=1S/C18H14F6N8/c1-31-13(3-6-26-31)28-16-25-5-2-11(27-16)10-4-7-32-14(8-10)29-30-15(32)9-12(17(19,20)21)18(22,23)24/h2-8,12H,9H2,1H3,(H,25,27,28). The van der Waals surface area contributed by atoms with Gasteiger partial charge in [0.05, 0.1) is 11.9 Å². The number of rotatable bonds is 5. The first-order valence-electron chi connectivity index (χ1n) is 9.08. The van der Waals surface area contributed by atoms with Gasteiger partial charge in [-0.2, -0.15) is 31.4 Å². The van der Waals surface area contributed by atoms with E-state index < -0.39 is 30.5 Å². The van der Waals surface area contributed by atoms with Crippen molar-refractivity contribution in [2.75, 3.05) is 5.32 Å². The van der Waals surface area contributed by atoms with Gasteiger partial charge in [-0.25, -0.2) is 9.97 Å². The fourth-order valence-corrected chi connectivity index (χ4v) is 3.03. The van der Waals surface area contributed by atoms with E-state index in [1.807, 2.05) is 0 Å². The number of hydrogen-bond acceptors (Lipinski definition) is 6. The molecular weight excluding hydrogens is 442 g/mol. The summed E-state index contributed by atoms with van der Waals surface area (Å²) in [6, 6.07) is 6.27. The lowest BCUT2D eigenvalue weighted by Crippen LogP contribution is -2.38. The second-order valence-electron chi connectivity index (χ2n) is 6.83.